The number of hydrogen-bond acceptors (Lipinski definition) is 3. The molecule has 0 spiro atoms. The molecule has 0 saturated heterocycles. The van der Waals surface area contributed by atoms with Crippen molar-refractivity contribution in [1.29, 1.82) is 0 Å². The van der Waals surface area contributed by atoms with Crippen molar-refractivity contribution in [2.75, 3.05) is 17.2 Å². The average Bonchev–Trinajstić information content (AvgIpc) is 2.63. The number of allylic oxidation sites excluding steroid dienone is 1. The van der Waals surface area contributed by atoms with E-state index in [2.05, 4.69) is 10.6 Å². The van der Waals surface area contributed by atoms with Gasteiger partial charge in [-0.25, -0.2) is 13.2 Å². The molecular formula is C21H22F3N3O. The minimum atomic E-state index is -1.20. The van der Waals surface area contributed by atoms with Crippen molar-refractivity contribution in [2.24, 2.45) is 5.73 Å². The molecule has 0 bridgehead atoms. The normalized spacial score (nSPS) is 19.1. The van der Waals surface area contributed by atoms with Crippen LogP contribution in [0.1, 0.15) is 31.2 Å². The van der Waals surface area contributed by atoms with Gasteiger partial charge in [0.05, 0.1) is 0 Å². The van der Waals surface area contributed by atoms with Crippen LogP contribution in [0, 0.1) is 17.5 Å². The minimum Gasteiger partial charge on any atom is -0.381 e. The Morgan fingerprint density at radius 2 is 1.82 bits per heavy atom. The van der Waals surface area contributed by atoms with E-state index in [-0.39, 0.29) is 11.5 Å². The molecular weight excluding hydrogens is 367 g/mol. The first-order valence-corrected chi connectivity index (χ1v) is 9.03. The second-order valence-corrected chi connectivity index (χ2v) is 6.98. The van der Waals surface area contributed by atoms with E-state index in [0.29, 0.717) is 31.1 Å². The molecule has 0 heterocycles. The van der Waals surface area contributed by atoms with Gasteiger partial charge in [0.15, 0.2) is 11.6 Å². The number of hydrogen-bond donors (Lipinski definition) is 3. The van der Waals surface area contributed by atoms with E-state index in [4.69, 9.17) is 5.73 Å². The largest absolute Gasteiger partial charge is 0.381 e. The molecule has 148 valence electrons. The molecule has 1 aliphatic rings. The quantitative estimate of drug-likeness (QED) is 0.527. The predicted octanol–water partition coefficient (Wildman–Crippen LogP) is 4.31. The zero-order chi connectivity index (χ0) is 20.3. The number of benzene rings is 2. The summed E-state index contributed by atoms with van der Waals surface area (Å²) in [5.41, 5.74) is 8.91. The lowest BCUT2D eigenvalue weighted by atomic mass is 9.80. The van der Waals surface area contributed by atoms with Crippen molar-refractivity contribution in [3.8, 4) is 0 Å². The van der Waals surface area contributed by atoms with Gasteiger partial charge in [-0.1, -0.05) is 17.7 Å². The maximum atomic E-state index is 14.1. The summed E-state index contributed by atoms with van der Waals surface area (Å²) in [7, 11) is 0. The summed E-state index contributed by atoms with van der Waals surface area (Å²) in [6.45, 7) is 1.99. The van der Waals surface area contributed by atoms with E-state index in [1.165, 1.54) is 6.92 Å². The number of carbonyl (C=O) groups excluding carboxylic acids is 1. The van der Waals surface area contributed by atoms with Crippen LogP contribution in [0.25, 0.3) is 0 Å². The summed E-state index contributed by atoms with van der Waals surface area (Å²) >= 11 is 0. The van der Waals surface area contributed by atoms with E-state index in [0.717, 1.165) is 17.3 Å². The molecule has 1 aliphatic carbocycles. The van der Waals surface area contributed by atoms with E-state index in [1.54, 1.807) is 6.07 Å². The van der Waals surface area contributed by atoms with Gasteiger partial charge in [-0.15, -0.1) is 0 Å². The summed E-state index contributed by atoms with van der Waals surface area (Å²) in [6, 6.07) is 8.41. The van der Waals surface area contributed by atoms with Crippen molar-refractivity contribution in [3.05, 3.63) is 71.1 Å². The minimum absolute atomic E-state index is 0.109. The van der Waals surface area contributed by atoms with Crippen LogP contribution in [0.5, 0.6) is 0 Å². The fourth-order valence-electron chi connectivity index (χ4n) is 3.45. The van der Waals surface area contributed by atoms with Crippen molar-refractivity contribution in [3.63, 3.8) is 0 Å². The summed E-state index contributed by atoms with van der Waals surface area (Å²) in [4.78, 5) is 11.2. The Hall–Kier alpha value is -2.80. The summed E-state index contributed by atoms with van der Waals surface area (Å²) in [5, 5.41) is 5.99. The number of anilines is 2. The number of nitrogens with one attached hydrogen (secondary N) is 2. The second kappa shape index (κ2) is 8.48. The van der Waals surface area contributed by atoms with Crippen molar-refractivity contribution < 1.29 is 18.0 Å². The molecule has 1 amide bonds. The van der Waals surface area contributed by atoms with Crippen LogP contribution in [0.3, 0.4) is 0 Å². The van der Waals surface area contributed by atoms with Gasteiger partial charge in [-0.3, -0.25) is 4.79 Å². The monoisotopic (exact) mass is 389 g/mol. The van der Waals surface area contributed by atoms with Crippen LogP contribution in [0.4, 0.5) is 24.5 Å². The molecule has 0 aliphatic heterocycles. The molecule has 0 fully saturated rings. The fourth-order valence-corrected chi connectivity index (χ4v) is 3.45. The molecule has 2 unspecified atom stereocenters. The second-order valence-electron chi connectivity index (χ2n) is 6.98. The van der Waals surface area contributed by atoms with E-state index in [9.17, 15) is 18.0 Å². The smallest absolute Gasteiger partial charge is 0.221 e. The SMILES string of the molecule is CC(=O)Nc1cccc(NCC2=CCC(c3cc(F)c(F)cc3F)C(N)C2)c1. The third-order valence-electron chi connectivity index (χ3n) is 4.82. The van der Waals surface area contributed by atoms with Crippen molar-refractivity contribution in [1.82, 2.24) is 0 Å². The van der Waals surface area contributed by atoms with Gasteiger partial charge in [0.25, 0.3) is 0 Å². The maximum absolute atomic E-state index is 14.1. The Morgan fingerprint density at radius 3 is 2.54 bits per heavy atom. The number of nitrogens with two attached hydrogens (primary N) is 1. The number of carbonyl (C=O) groups is 1. The first kappa shape index (κ1) is 19.9. The predicted molar refractivity (Wildman–Crippen MR) is 104 cm³/mol. The highest BCUT2D eigenvalue weighted by atomic mass is 19.2. The van der Waals surface area contributed by atoms with Gasteiger partial charge in [0.1, 0.15) is 5.82 Å². The summed E-state index contributed by atoms with van der Waals surface area (Å²) in [5.74, 6) is -3.59. The van der Waals surface area contributed by atoms with Crippen LogP contribution in [0.2, 0.25) is 0 Å². The lowest BCUT2D eigenvalue weighted by molar-refractivity contribution is -0.114. The molecule has 0 aromatic heterocycles. The molecule has 7 heteroatoms. The van der Waals surface area contributed by atoms with Crippen LogP contribution in [-0.2, 0) is 4.79 Å². The van der Waals surface area contributed by atoms with Gasteiger partial charge in [0, 0.05) is 42.9 Å². The topological polar surface area (TPSA) is 67.2 Å². The molecule has 3 rings (SSSR count). The Balaban J connectivity index is 1.65. The van der Waals surface area contributed by atoms with E-state index < -0.39 is 29.4 Å². The van der Waals surface area contributed by atoms with E-state index in [1.807, 2.05) is 24.3 Å². The molecule has 2 atom stereocenters. The van der Waals surface area contributed by atoms with Gasteiger partial charge < -0.3 is 16.4 Å². The van der Waals surface area contributed by atoms with Crippen LogP contribution in [-0.4, -0.2) is 18.5 Å². The molecule has 0 saturated carbocycles. The Morgan fingerprint density at radius 1 is 1.11 bits per heavy atom. The molecule has 2 aromatic rings. The molecule has 2 aromatic carbocycles. The zero-order valence-electron chi connectivity index (χ0n) is 15.4. The highest BCUT2D eigenvalue weighted by Gasteiger charge is 2.27. The Kier molecular flexibility index (Phi) is 6.04. The summed E-state index contributed by atoms with van der Waals surface area (Å²) < 4.78 is 40.7. The summed E-state index contributed by atoms with van der Waals surface area (Å²) in [6.07, 6.45) is 2.92. The van der Waals surface area contributed by atoms with Crippen LogP contribution >= 0.6 is 0 Å². The first-order chi connectivity index (χ1) is 13.3. The molecule has 28 heavy (non-hydrogen) atoms. The lowest BCUT2D eigenvalue weighted by Gasteiger charge is -2.29. The fraction of sp³-hybridized carbons (Fsp3) is 0.286. The first-order valence-electron chi connectivity index (χ1n) is 9.03. The van der Waals surface area contributed by atoms with Gasteiger partial charge >= 0.3 is 0 Å². The van der Waals surface area contributed by atoms with Crippen molar-refractivity contribution >= 4 is 17.3 Å². The third kappa shape index (κ3) is 4.72. The Bertz CT molecular complexity index is 914. The van der Waals surface area contributed by atoms with Gasteiger partial charge in [-0.2, -0.15) is 0 Å². The maximum Gasteiger partial charge on any atom is 0.221 e. The highest BCUT2D eigenvalue weighted by Crippen LogP contribution is 2.34. The third-order valence-corrected chi connectivity index (χ3v) is 4.82. The Labute approximate surface area is 161 Å². The standard InChI is InChI=1S/C21H22F3N3O/c1-12(28)27-15-4-2-3-14(8-15)26-11-13-5-6-16(21(25)7-13)17-9-19(23)20(24)10-18(17)22/h2-5,8-10,16,21,26H,6-7,11,25H2,1H3,(H,27,28). The average molecular weight is 389 g/mol. The number of amides is 1. The lowest BCUT2D eigenvalue weighted by Crippen LogP contribution is -2.33. The van der Waals surface area contributed by atoms with Gasteiger partial charge in [-0.05, 0) is 42.7 Å². The zero-order valence-corrected chi connectivity index (χ0v) is 15.4. The molecule has 4 nitrogen and oxygen atoms in total. The molecule has 0 radical (unpaired) electrons. The highest BCUT2D eigenvalue weighted by molar-refractivity contribution is 5.89. The van der Waals surface area contributed by atoms with Crippen LogP contribution < -0.4 is 16.4 Å². The number of rotatable bonds is 5. The van der Waals surface area contributed by atoms with Gasteiger partial charge in [0.2, 0.25) is 5.91 Å². The molecule has 4 N–H and O–H groups in total. The van der Waals surface area contributed by atoms with Crippen molar-refractivity contribution in [2.45, 2.75) is 31.7 Å². The number of halogens is 3. The van der Waals surface area contributed by atoms with E-state index >= 15 is 0 Å². The van der Waals surface area contributed by atoms with Crippen LogP contribution in [0.15, 0.2) is 48.0 Å².